The molecule has 6 aromatic carbocycles. The Kier molecular flexibility index (Phi) is 9.36. The number of benzene rings is 6. The normalized spacial score (nSPS) is 15.3. The Morgan fingerprint density at radius 2 is 1.52 bits per heavy atom. The highest BCUT2D eigenvalue weighted by Crippen LogP contribution is 2.51. The molecule has 0 atom stereocenters. The van der Waals surface area contributed by atoms with Crippen molar-refractivity contribution in [2.75, 3.05) is 0 Å². The molecular formula is C57H44N4S. The summed E-state index contributed by atoms with van der Waals surface area (Å²) >= 11 is 1.87. The van der Waals surface area contributed by atoms with E-state index in [-0.39, 0.29) is 5.41 Å². The fraction of sp³-hybridized carbons (Fsp3) is 0.105. The number of amidine groups is 2. The highest BCUT2D eigenvalue weighted by Gasteiger charge is 2.36. The Morgan fingerprint density at radius 3 is 2.37 bits per heavy atom. The van der Waals surface area contributed by atoms with Crippen LogP contribution in [-0.4, -0.2) is 23.0 Å². The quantitative estimate of drug-likeness (QED) is 0.119. The van der Waals surface area contributed by atoms with Gasteiger partial charge in [-0.15, -0.1) is 11.3 Å². The van der Waals surface area contributed by atoms with Crippen molar-refractivity contribution in [1.82, 2.24) is 4.57 Å². The third kappa shape index (κ3) is 6.48. The molecule has 62 heavy (non-hydrogen) atoms. The van der Waals surface area contributed by atoms with Crippen molar-refractivity contribution in [3.63, 3.8) is 0 Å². The maximum atomic E-state index is 5.27. The molecule has 0 amide bonds. The molecule has 4 nitrogen and oxygen atoms in total. The van der Waals surface area contributed by atoms with Gasteiger partial charge in [-0.05, 0) is 105 Å². The van der Waals surface area contributed by atoms with E-state index in [9.17, 15) is 0 Å². The summed E-state index contributed by atoms with van der Waals surface area (Å²) in [6.45, 7) is 9.17. The van der Waals surface area contributed by atoms with E-state index in [2.05, 4.69) is 176 Å². The lowest BCUT2D eigenvalue weighted by Crippen LogP contribution is -2.19. The van der Waals surface area contributed by atoms with Crippen molar-refractivity contribution >= 4 is 75.3 Å². The molecule has 0 fully saturated rings. The highest BCUT2D eigenvalue weighted by atomic mass is 32.1. The first-order chi connectivity index (χ1) is 30.4. The predicted molar refractivity (Wildman–Crippen MR) is 264 cm³/mol. The number of rotatable bonds is 6. The average Bonchev–Trinajstić information content (AvgIpc) is 3.71. The van der Waals surface area contributed by atoms with E-state index in [1.807, 2.05) is 47.7 Å². The minimum atomic E-state index is -0.112. The van der Waals surface area contributed by atoms with Gasteiger partial charge in [-0.3, -0.25) is 4.99 Å². The van der Waals surface area contributed by atoms with Crippen LogP contribution >= 0.6 is 11.3 Å². The van der Waals surface area contributed by atoms with E-state index in [4.69, 9.17) is 9.98 Å². The zero-order chi connectivity index (χ0) is 41.8. The van der Waals surface area contributed by atoms with E-state index in [1.165, 1.54) is 64.3 Å². The molecule has 0 aliphatic heterocycles. The average molecular weight is 817 g/mol. The van der Waals surface area contributed by atoms with E-state index in [0.29, 0.717) is 24.6 Å². The van der Waals surface area contributed by atoms with Crippen molar-refractivity contribution in [1.29, 1.82) is 0 Å². The summed E-state index contributed by atoms with van der Waals surface area (Å²) in [6.07, 6.45) is 15.3. The fourth-order valence-corrected chi connectivity index (χ4v) is 10.8. The Morgan fingerprint density at radius 1 is 0.726 bits per heavy atom. The van der Waals surface area contributed by atoms with Crippen LogP contribution < -0.4 is 9.75 Å². The van der Waals surface area contributed by atoms with E-state index in [1.54, 1.807) is 0 Å². The molecule has 0 saturated heterocycles. The molecule has 0 radical (unpaired) electrons. The third-order valence-corrected chi connectivity index (χ3v) is 13.9. The first-order valence-electron chi connectivity index (χ1n) is 21.3. The third-order valence-electron chi connectivity index (χ3n) is 12.7. The van der Waals surface area contributed by atoms with Crippen molar-refractivity contribution in [3.8, 4) is 16.8 Å². The monoisotopic (exact) mass is 816 g/mol. The minimum absolute atomic E-state index is 0.112. The number of nitrogens with zero attached hydrogens (tertiary/aromatic N) is 4. The van der Waals surface area contributed by atoms with Gasteiger partial charge in [0.1, 0.15) is 0 Å². The van der Waals surface area contributed by atoms with Gasteiger partial charge in [-0.1, -0.05) is 153 Å². The number of fused-ring (bicyclic) bond motifs is 9. The molecule has 2 aromatic heterocycles. The topological polar surface area (TPSA) is 42.0 Å². The van der Waals surface area contributed by atoms with Gasteiger partial charge in [-0.25, -0.2) is 9.98 Å². The lowest BCUT2D eigenvalue weighted by molar-refractivity contribution is 0.661. The number of hydrogen-bond donors (Lipinski definition) is 0. The smallest absolute Gasteiger partial charge is 0.160 e. The van der Waals surface area contributed by atoms with Crippen LogP contribution in [0.4, 0.5) is 0 Å². The summed E-state index contributed by atoms with van der Waals surface area (Å²) < 4.78 is 3.77. The molecule has 3 aliphatic rings. The highest BCUT2D eigenvalue weighted by molar-refractivity contribution is 7.10. The number of thiophene rings is 1. The molecule has 0 saturated carbocycles. The molecule has 0 spiro atoms. The van der Waals surface area contributed by atoms with Crippen LogP contribution in [0.15, 0.2) is 184 Å². The number of para-hydroxylation sites is 1. The summed E-state index contributed by atoms with van der Waals surface area (Å²) in [5.41, 5.74) is 15.4. The van der Waals surface area contributed by atoms with Gasteiger partial charge in [0.25, 0.3) is 0 Å². The zero-order valence-corrected chi connectivity index (χ0v) is 35.7. The van der Waals surface area contributed by atoms with Gasteiger partial charge in [0.2, 0.25) is 0 Å². The molecule has 0 unspecified atom stereocenters. The Bertz CT molecular complexity index is 3410. The molecule has 2 heterocycles. The van der Waals surface area contributed by atoms with E-state index >= 15 is 0 Å². The number of aromatic nitrogens is 1. The standard InChI is InChI=1S/C57H44N4S/c1-57(2)49-27-15-13-24-43(49)46-34-47-44-25-14-16-28-51(44)61(52(47)35-50(46)57)42-23-17-22-39(31-42)40-30-41(33-54-48(32-40)45-26-11-6-12-29-53(45)62-54)56(59-36-37-18-7-4-8-19-37)60-55(58-3)38-20-9-5-10-21-38/h4-11,13-32,34-35H,3,12,33,36H2,1-2H3. The zero-order valence-electron chi connectivity index (χ0n) is 34.8. The molecule has 298 valence electrons. The summed E-state index contributed by atoms with van der Waals surface area (Å²) in [4.78, 5) is 16.3. The van der Waals surface area contributed by atoms with Gasteiger partial charge in [-0.2, -0.15) is 0 Å². The minimum Gasteiger partial charge on any atom is -0.309 e. The largest absolute Gasteiger partial charge is 0.309 e. The van der Waals surface area contributed by atoms with Gasteiger partial charge < -0.3 is 4.57 Å². The van der Waals surface area contributed by atoms with Gasteiger partial charge in [0.05, 0.1) is 17.6 Å². The van der Waals surface area contributed by atoms with Gasteiger partial charge in [0, 0.05) is 48.8 Å². The van der Waals surface area contributed by atoms with Crippen molar-refractivity contribution in [2.45, 2.75) is 38.6 Å². The Balaban J connectivity index is 1.11. The van der Waals surface area contributed by atoms with Crippen LogP contribution in [0.25, 0.3) is 62.4 Å². The van der Waals surface area contributed by atoms with Crippen molar-refractivity contribution in [2.24, 2.45) is 15.0 Å². The lowest BCUT2D eigenvalue weighted by Gasteiger charge is -2.21. The number of hydrogen-bond acceptors (Lipinski definition) is 2. The molecule has 5 heteroatoms. The van der Waals surface area contributed by atoms with Gasteiger partial charge in [0.15, 0.2) is 11.7 Å². The second-order valence-electron chi connectivity index (χ2n) is 16.8. The predicted octanol–water partition coefficient (Wildman–Crippen LogP) is 12.4. The van der Waals surface area contributed by atoms with Crippen LogP contribution in [0.2, 0.25) is 0 Å². The second kappa shape index (κ2) is 15.4. The summed E-state index contributed by atoms with van der Waals surface area (Å²) in [5.74, 6) is 1.21. The summed E-state index contributed by atoms with van der Waals surface area (Å²) in [7, 11) is 0. The molecule has 0 N–H and O–H groups in total. The van der Waals surface area contributed by atoms with Crippen molar-refractivity contribution in [3.05, 3.63) is 217 Å². The van der Waals surface area contributed by atoms with Gasteiger partial charge >= 0.3 is 0 Å². The van der Waals surface area contributed by atoms with Crippen LogP contribution in [-0.2, 0) is 18.4 Å². The lowest BCUT2D eigenvalue weighted by atomic mass is 9.82. The van der Waals surface area contributed by atoms with E-state index in [0.717, 1.165) is 39.9 Å². The van der Waals surface area contributed by atoms with Crippen LogP contribution in [0, 0.1) is 0 Å². The number of aliphatic imine (C=N–C) groups is 3. The molecule has 8 aromatic rings. The first-order valence-corrected chi connectivity index (χ1v) is 22.2. The van der Waals surface area contributed by atoms with Crippen LogP contribution in [0.5, 0.6) is 0 Å². The fourth-order valence-electron chi connectivity index (χ4n) is 9.58. The number of allylic oxidation sites excluding steroid dienone is 4. The maximum absolute atomic E-state index is 5.27. The van der Waals surface area contributed by atoms with Crippen molar-refractivity contribution < 1.29 is 0 Å². The first kappa shape index (κ1) is 37.8. The molecule has 11 rings (SSSR count). The maximum Gasteiger partial charge on any atom is 0.160 e. The summed E-state index contributed by atoms with van der Waals surface area (Å²) in [5, 5.41) is 3.79. The molecular weight excluding hydrogens is 773 g/mol. The summed E-state index contributed by atoms with van der Waals surface area (Å²) in [6, 6.07) is 52.1. The molecule has 3 aliphatic carbocycles. The van der Waals surface area contributed by atoms with E-state index < -0.39 is 0 Å². The van der Waals surface area contributed by atoms with Crippen LogP contribution in [0.1, 0.15) is 58.5 Å². The Labute approximate surface area is 366 Å². The molecule has 0 bridgehead atoms. The van der Waals surface area contributed by atoms with Crippen LogP contribution in [0.3, 0.4) is 0 Å². The second-order valence-corrected chi connectivity index (χ2v) is 17.9. The Hall–Kier alpha value is -7.21. The SMILES string of the molecule is C=NC(=NC(=NCc1ccccc1)C1=CC(c2cccc(-n3c4ccccc4c4cc5c(cc43)C(C)(C)c3ccccc3-5)c2)=Cc2c(sc3c2=CC=CCC=3)C1)c1ccccc1.